The molecule has 2 unspecified atom stereocenters. The van der Waals surface area contributed by atoms with Crippen LogP contribution < -0.4 is 5.32 Å². The van der Waals surface area contributed by atoms with Gasteiger partial charge in [-0.1, -0.05) is 26.3 Å². The van der Waals surface area contributed by atoms with E-state index in [0.29, 0.717) is 0 Å². The van der Waals surface area contributed by atoms with Crippen molar-refractivity contribution < 1.29 is 14.3 Å². The lowest BCUT2D eigenvalue weighted by Gasteiger charge is -2.21. The summed E-state index contributed by atoms with van der Waals surface area (Å²) in [5, 5.41) is 2.78. The monoisotopic (exact) mass is 323 g/mol. The first-order chi connectivity index (χ1) is 10.4. The molecule has 1 aromatic carbocycles. The Bertz CT molecular complexity index is 531. The van der Waals surface area contributed by atoms with Crippen LogP contribution in [-0.2, 0) is 14.3 Å². The summed E-state index contributed by atoms with van der Waals surface area (Å²) < 4.78 is 4.77. The molecule has 0 radical (unpaired) electrons. The van der Waals surface area contributed by atoms with Gasteiger partial charge in [0.25, 0.3) is 0 Å². The van der Waals surface area contributed by atoms with E-state index < -0.39 is 6.04 Å². The Morgan fingerprint density at radius 1 is 1.27 bits per heavy atom. The number of rotatable bonds is 7. The van der Waals surface area contributed by atoms with Gasteiger partial charge in [0.05, 0.1) is 12.9 Å². The highest BCUT2D eigenvalue weighted by Crippen LogP contribution is 2.21. The first-order valence-corrected chi connectivity index (χ1v) is 8.44. The first kappa shape index (κ1) is 18.6. The number of hydrogen-bond acceptors (Lipinski definition) is 4. The van der Waals surface area contributed by atoms with E-state index in [-0.39, 0.29) is 23.5 Å². The SMILES string of the molecule is CCC(C)C(NC(=O)CSc1ccc(C)c(C)c1)C(=O)OC. The van der Waals surface area contributed by atoms with E-state index in [1.165, 1.54) is 30.0 Å². The zero-order chi connectivity index (χ0) is 16.7. The van der Waals surface area contributed by atoms with E-state index in [1.807, 2.05) is 26.0 Å². The zero-order valence-corrected chi connectivity index (χ0v) is 14.8. The number of amides is 1. The van der Waals surface area contributed by atoms with Gasteiger partial charge < -0.3 is 10.1 Å². The lowest BCUT2D eigenvalue weighted by atomic mass is 9.99. The lowest BCUT2D eigenvalue weighted by molar-refractivity contribution is -0.146. The molecule has 0 fully saturated rings. The van der Waals surface area contributed by atoms with Crippen LogP contribution in [0.1, 0.15) is 31.4 Å². The molecule has 0 saturated carbocycles. The van der Waals surface area contributed by atoms with Crippen molar-refractivity contribution in [3.63, 3.8) is 0 Å². The van der Waals surface area contributed by atoms with Crippen LogP contribution in [0, 0.1) is 19.8 Å². The average Bonchev–Trinajstić information content (AvgIpc) is 2.52. The van der Waals surface area contributed by atoms with Crippen molar-refractivity contribution in [2.75, 3.05) is 12.9 Å². The van der Waals surface area contributed by atoms with E-state index >= 15 is 0 Å². The third kappa shape index (κ3) is 5.37. The molecule has 0 heterocycles. The van der Waals surface area contributed by atoms with Crippen molar-refractivity contribution in [3.8, 4) is 0 Å². The number of carbonyl (C=O) groups is 2. The fourth-order valence-corrected chi connectivity index (χ4v) is 2.77. The maximum Gasteiger partial charge on any atom is 0.328 e. The van der Waals surface area contributed by atoms with Gasteiger partial charge in [-0.2, -0.15) is 0 Å². The van der Waals surface area contributed by atoms with E-state index in [9.17, 15) is 9.59 Å². The highest BCUT2D eigenvalue weighted by Gasteiger charge is 2.26. The Labute approximate surface area is 137 Å². The molecule has 122 valence electrons. The van der Waals surface area contributed by atoms with E-state index in [0.717, 1.165) is 11.3 Å². The normalized spacial score (nSPS) is 13.3. The molecular weight excluding hydrogens is 298 g/mol. The summed E-state index contributed by atoms with van der Waals surface area (Å²) in [5.41, 5.74) is 2.44. The summed E-state index contributed by atoms with van der Waals surface area (Å²) in [6.45, 7) is 8.02. The van der Waals surface area contributed by atoms with Crippen LogP contribution in [0.25, 0.3) is 0 Å². The summed E-state index contributed by atoms with van der Waals surface area (Å²) in [6, 6.07) is 5.54. The Morgan fingerprint density at radius 2 is 1.95 bits per heavy atom. The van der Waals surface area contributed by atoms with Gasteiger partial charge in [-0.3, -0.25) is 4.79 Å². The minimum atomic E-state index is -0.581. The van der Waals surface area contributed by atoms with Gasteiger partial charge in [-0.25, -0.2) is 4.79 Å². The van der Waals surface area contributed by atoms with Crippen LogP contribution in [0.2, 0.25) is 0 Å². The molecular formula is C17H25NO3S. The number of nitrogens with one attached hydrogen (secondary N) is 1. The molecule has 4 nitrogen and oxygen atoms in total. The number of methoxy groups -OCH3 is 1. The number of ether oxygens (including phenoxy) is 1. The molecule has 0 bridgehead atoms. The summed E-state index contributed by atoms with van der Waals surface area (Å²) in [5.74, 6) is -0.215. The third-order valence-corrected chi connectivity index (χ3v) is 4.83. The molecule has 0 spiro atoms. The predicted molar refractivity (Wildman–Crippen MR) is 90.0 cm³/mol. The average molecular weight is 323 g/mol. The molecule has 5 heteroatoms. The molecule has 0 aliphatic heterocycles. The van der Waals surface area contributed by atoms with E-state index in [4.69, 9.17) is 4.74 Å². The van der Waals surface area contributed by atoms with Crippen molar-refractivity contribution in [1.82, 2.24) is 5.32 Å². The summed E-state index contributed by atoms with van der Waals surface area (Å²) in [4.78, 5) is 24.9. The predicted octanol–water partition coefficient (Wildman–Crippen LogP) is 3.10. The van der Waals surface area contributed by atoms with E-state index in [1.54, 1.807) is 0 Å². The van der Waals surface area contributed by atoms with Gasteiger partial charge in [0.15, 0.2) is 0 Å². The summed E-state index contributed by atoms with van der Waals surface area (Å²) in [7, 11) is 1.34. The van der Waals surface area contributed by atoms with Crippen molar-refractivity contribution in [2.45, 2.75) is 45.1 Å². The molecule has 1 rings (SSSR count). The van der Waals surface area contributed by atoms with Gasteiger partial charge >= 0.3 is 5.97 Å². The Hall–Kier alpha value is -1.49. The molecule has 0 saturated heterocycles. The van der Waals surface area contributed by atoms with Gasteiger partial charge in [-0.15, -0.1) is 11.8 Å². The largest absolute Gasteiger partial charge is 0.467 e. The number of thioether (sulfide) groups is 1. The molecule has 1 amide bonds. The highest BCUT2D eigenvalue weighted by molar-refractivity contribution is 8.00. The topological polar surface area (TPSA) is 55.4 Å². The second-order valence-corrected chi connectivity index (χ2v) is 6.54. The molecule has 0 aliphatic carbocycles. The van der Waals surface area contributed by atoms with Crippen molar-refractivity contribution >= 4 is 23.6 Å². The molecule has 1 aromatic rings. The van der Waals surface area contributed by atoms with Crippen LogP contribution in [0.4, 0.5) is 0 Å². The van der Waals surface area contributed by atoms with Crippen LogP contribution in [0.3, 0.4) is 0 Å². The number of esters is 1. The van der Waals surface area contributed by atoms with Crippen molar-refractivity contribution in [3.05, 3.63) is 29.3 Å². The lowest BCUT2D eigenvalue weighted by Crippen LogP contribution is -2.46. The maximum atomic E-state index is 12.1. The number of hydrogen-bond donors (Lipinski definition) is 1. The number of benzene rings is 1. The molecule has 22 heavy (non-hydrogen) atoms. The summed E-state index contributed by atoms with van der Waals surface area (Å²) in [6.07, 6.45) is 0.796. The zero-order valence-electron chi connectivity index (χ0n) is 13.9. The van der Waals surface area contributed by atoms with Crippen LogP contribution in [0.5, 0.6) is 0 Å². The smallest absolute Gasteiger partial charge is 0.328 e. The fraction of sp³-hybridized carbons (Fsp3) is 0.529. The van der Waals surface area contributed by atoms with Crippen LogP contribution in [-0.4, -0.2) is 30.8 Å². The van der Waals surface area contributed by atoms with Gasteiger partial charge in [-0.05, 0) is 43.0 Å². The number of aryl methyl sites for hydroxylation is 2. The summed E-state index contributed by atoms with van der Waals surface area (Å²) >= 11 is 1.47. The maximum absolute atomic E-state index is 12.1. The van der Waals surface area contributed by atoms with Gasteiger partial charge in [0.2, 0.25) is 5.91 Å². The quantitative estimate of drug-likeness (QED) is 0.619. The molecule has 0 aromatic heterocycles. The molecule has 2 atom stereocenters. The van der Waals surface area contributed by atoms with E-state index in [2.05, 4.69) is 25.2 Å². The second kappa shape index (κ2) is 8.83. The van der Waals surface area contributed by atoms with Crippen LogP contribution >= 0.6 is 11.8 Å². The van der Waals surface area contributed by atoms with Crippen LogP contribution in [0.15, 0.2) is 23.1 Å². The Kier molecular flexibility index (Phi) is 7.45. The molecule has 1 N–H and O–H groups in total. The first-order valence-electron chi connectivity index (χ1n) is 7.46. The van der Waals surface area contributed by atoms with Gasteiger partial charge in [0.1, 0.15) is 6.04 Å². The Morgan fingerprint density at radius 3 is 2.50 bits per heavy atom. The van der Waals surface area contributed by atoms with Crippen molar-refractivity contribution in [1.29, 1.82) is 0 Å². The number of carbonyl (C=O) groups excluding carboxylic acids is 2. The second-order valence-electron chi connectivity index (χ2n) is 5.49. The highest BCUT2D eigenvalue weighted by atomic mass is 32.2. The van der Waals surface area contributed by atoms with Gasteiger partial charge in [0, 0.05) is 4.90 Å². The molecule has 0 aliphatic rings. The van der Waals surface area contributed by atoms with Crippen molar-refractivity contribution in [2.24, 2.45) is 5.92 Å². The minimum Gasteiger partial charge on any atom is -0.467 e. The fourth-order valence-electron chi connectivity index (χ4n) is 1.96. The Balaban J connectivity index is 2.60. The standard InChI is InChI=1S/C17H25NO3S/c1-6-11(2)16(17(20)21-5)18-15(19)10-22-14-8-7-12(3)13(4)9-14/h7-9,11,16H,6,10H2,1-5H3,(H,18,19). The third-order valence-electron chi connectivity index (χ3n) is 3.83. The minimum absolute atomic E-state index is 0.0445.